The van der Waals surface area contributed by atoms with Crippen molar-refractivity contribution in [1.29, 1.82) is 0 Å². The van der Waals surface area contributed by atoms with Crippen LogP contribution in [0.25, 0.3) is 0 Å². The molecule has 33 heavy (non-hydrogen) atoms. The van der Waals surface area contributed by atoms with Crippen LogP contribution >= 0.6 is 0 Å². The number of carbonyl (C=O) groups excluding carboxylic acids is 6. The van der Waals surface area contributed by atoms with Crippen LogP contribution in [-0.2, 0) is 48.6 Å². The van der Waals surface area contributed by atoms with Gasteiger partial charge < -0.3 is 15.3 Å². The van der Waals surface area contributed by atoms with E-state index < -0.39 is 0 Å². The first-order valence-corrected chi connectivity index (χ1v) is 8.68. The molecule has 0 aliphatic carbocycles. The molecule has 0 radical (unpaired) electrons. The largest absolute Gasteiger partial charge is 0.392 e. The molecule has 0 bridgehead atoms. The smallest absolute Gasteiger partial charge is 0.373 e. The zero-order valence-electron chi connectivity index (χ0n) is 17.3. The van der Waals surface area contributed by atoms with Crippen molar-refractivity contribution in [2.45, 2.75) is 19.8 Å². The van der Waals surface area contributed by atoms with E-state index in [-0.39, 0.29) is 38.3 Å². The summed E-state index contributed by atoms with van der Waals surface area (Å²) in [6.07, 6.45) is 5.73. The number of rotatable bonds is 3. The van der Waals surface area contributed by atoms with Crippen LogP contribution in [0.5, 0.6) is 0 Å². The van der Waals surface area contributed by atoms with Crippen LogP contribution in [0.3, 0.4) is 0 Å². The van der Waals surface area contributed by atoms with E-state index in [0.717, 1.165) is 11.1 Å². The summed E-state index contributed by atoms with van der Waals surface area (Å²) in [5, 5.41) is 25.5. The number of aliphatic hydroxyl groups is 3. The molecule has 0 saturated carbocycles. The highest BCUT2D eigenvalue weighted by atomic mass is 16.3. The van der Waals surface area contributed by atoms with Gasteiger partial charge in [-0.25, -0.2) is 0 Å². The Balaban J connectivity index is -0.000000348. The maximum atomic E-state index is 8.54. The second-order valence-electron chi connectivity index (χ2n) is 4.89. The lowest BCUT2D eigenvalue weighted by Gasteiger charge is -1.89. The van der Waals surface area contributed by atoms with Crippen molar-refractivity contribution < 1.29 is 44.1 Å². The van der Waals surface area contributed by atoms with Gasteiger partial charge >= 0.3 is 18.5 Å². The average Bonchev–Trinajstić information content (AvgIpc) is 2.88. The molecule has 0 fully saturated rings. The fourth-order valence-corrected chi connectivity index (χ4v) is 1.57. The topological polar surface area (TPSA) is 189 Å². The van der Waals surface area contributed by atoms with Crippen LogP contribution in [0.1, 0.15) is 16.8 Å². The number of aromatic nitrogens is 2. The van der Waals surface area contributed by atoms with Gasteiger partial charge in [0.05, 0.1) is 25.5 Å². The van der Waals surface area contributed by atoms with E-state index in [4.69, 9.17) is 44.1 Å². The maximum absolute atomic E-state index is 8.54. The maximum Gasteiger partial charge on any atom is 0.373 e. The molecule has 0 atom stereocenters. The summed E-state index contributed by atoms with van der Waals surface area (Å²) in [5.74, 6) is 0. The van der Waals surface area contributed by atoms with Crippen molar-refractivity contribution in [3.05, 3.63) is 96.1 Å². The van der Waals surface area contributed by atoms with Gasteiger partial charge in [-0.2, -0.15) is 28.8 Å². The van der Waals surface area contributed by atoms with Gasteiger partial charge in [0.2, 0.25) is 0 Å². The van der Waals surface area contributed by atoms with Gasteiger partial charge in [0.1, 0.15) is 0 Å². The quantitative estimate of drug-likeness (QED) is 0.497. The Morgan fingerprint density at radius 3 is 1.33 bits per heavy atom. The van der Waals surface area contributed by atoms with Crippen LogP contribution in [0.15, 0.2) is 79.3 Å². The minimum Gasteiger partial charge on any atom is -0.392 e. The van der Waals surface area contributed by atoms with Crippen molar-refractivity contribution in [3.63, 3.8) is 0 Å². The third-order valence-corrected chi connectivity index (χ3v) is 2.82. The fourth-order valence-electron chi connectivity index (χ4n) is 1.57. The Bertz CT molecular complexity index is 768. The second-order valence-corrected chi connectivity index (χ2v) is 4.89. The van der Waals surface area contributed by atoms with E-state index in [9.17, 15) is 0 Å². The minimum absolute atomic E-state index is 0.0286. The molecule has 0 amide bonds. The fraction of sp³-hybridized carbons (Fsp3) is 0.136. The molecule has 0 unspecified atom stereocenters. The molecule has 0 aliphatic heterocycles. The van der Waals surface area contributed by atoms with E-state index in [2.05, 4.69) is 9.97 Å². The summed E-state index contributed by atoms with van der Waals surface area (Å²) in [4.78, 5) is 56.4. The van der Waals surface area contributed by atoms with E-state index in [1.807, 2.05) is 48.5 Å². The highest BCUT2D eigenvalue weighted by molar-refractivity contribution is 5.20. The average molecular weight is 458 g/mol. The van der Waals surface area contributed by atoms with Crippen LogP contribution in [-0.4, -0.2) is 43.7 Å². The Kier molecular flexibility index (Phi) is 29.9. The van der Waals surface area contributed by atoms with E-state index in [1.165, 1.54) is 0 Å². The molecule has 174 valence electrons. The summed E-state index contributed by atoms with van der Waals surface area (Å²) in [6.45, 7) is 0.246. The van der Waals surface area contributed by atoms with Crippen molar-refractivity contribution in [2.24, 2.45) is 0 Å². The highest BCUT2D eigenvalue weighted by Gasteiger charge is 1.83. The summed E-state index contributed by atoms with van der Waals surface area (Å²) in [7, 11) is 0. The molecule has 2 aromatic heterocycles. The molecule has 2 heterocycles. The summed E-state index contributed by atoms with van der Waals surface area (Å²) >= 11 is 0. The van der Waals surface area contributed by atoms with E-state index >= 15 is 0 Å². The van der Waals surface area contributed by atoms with Gasteiger partial charge in [0.25, 0.3) is 0 Å². The number of hydrogen-bond acceptors (Lipinski definition) is 11. The van der Waals surface area contributed by atoms with Gasteiger partial charge in [0, 0.05) is 18.6 Å². The Labute approximate surface area is 189 Å². The predicted octanol–water partition coefficient (Wildman–Crippen LogP) is 0.576. The molecule has 11 nitrogen and oxygen atoms in total. The van der Waals surface area contributed by atoms with Gasteiger partial charge in [-0.1, -0.05) is 42.5 Å². The van der Waals surface area contributed by atoms with Crippen LogP contribution in [0.2, 0.25) is 0 Å². The van der Waals surface area contributed by atoms with Crippen LogP contribution in [0, 0.1) is 0 Å². The summed E-state index contributed by atoms with van der Waals surface area (Å²) in [6, 6.07) is 18.6. The van der Waals surface area contributed by atoms with Crippen molar-refractivity contribution in [1.82, 2.24) is 9.97 Å². The SMILES string of the molecule is O=C=O.O=C=O.O=C=O.OCc1ccccc1.OCc1ccccn1.OCc1cccnc1. The van der Waals surface area contributed by atoms with E-state index in [1.54, 1.807) is 30.7 Å². The number of benzene rings is 1. The lowest BCUT2D eigenvalue weighted by molar-refractivity contribution is -0.193. The summed E-state index contributed by atoms with van der Waals surface area (Å²) in [5.41, 5.74) is 2.53. The lowest BCUT2D eigenvalue weighted by atomic mass is 10.2. The zero-order chi connectivity index (χ0) is 25.6. The minimum atomic E-state index is 0.0286. The predicted molar refractivity (Wildman–Crippen MR) is 108 cm³/mol. The number of aliphatic hydroxyl groups excluding tert-OH is 3. The Hall–Kier alpha value is -4.46. The lowest BCUT2D eigenvalue weighted by Crippen LogP contribution is -1.84. The van der Waals surface area contributed by atoms with E-state index in [0.29, 0.717) is 5.69 Å². The van der Waals surface area contributed by atoms with Gasteiger partial charge in [0.15, 0.2) is 0 Å². The molecule has 0 aliphatic rings. The molecule has 0 spiro atoms. The van der Waals surface area contributed by atoms with Crippen molar-refractivity contribution in [2.75, 3.05) is 0 Å². The summed E-state index contributed by atoms with van der Waals surface area (Å²) < 4.78 is 0. The van der Waals surface area contributed by atoms with Gasteiger partial charge in [-0.15, -0.1) is 0 Å². The monoisotopic (exact) mass is 458 g/mol. The number of nitrogens with zero attached hydrogens (tertiary/aromatic N) is 2. The molecule has 11 heteroatoms. The Morgan fingerprint density at radius 1 is 0.576 bits per heavy atom. The first-order chi connectivity index (χ1) is 16.0. The van der Waals surface area contributed by atoms with Crippen LogP contribution in [0.4, 0.5) is 0 Å². The molecule has 0 saturated heterocycles. The molecule has 1 aromatic carbocycles. The van der Waals surface area contributed by atoms with Gasteiger partial charge in [-0.3, -0.25) is 9.97 Å². The molecule has 3 aromatic rings. The second kappa shape index (κ2) is 29.7. The third-order valence-electron chi connectivity index (χ3n) is 2.82. The molecular weight excluding hydrogens is 436 g/mol. The number of hydrogen-bond donors (Lipinski definition) is 3. The molecule has 3 N–H and O–H groups in total. The Morgan fingerprint density at radius 2 is 1.06 bits per heavy atom. The highest BCUT2D eigenvalue weighted by Crippen LogP contribution is 1.95. The third kappa shape index (κ3) is 27.5. The van der Waals surface area contributed by atoms with Crippen molar-refractivity contribution >= 4 is 18.5 Å². The van der Waals surface area contributed by atoms with Crippen molar-refractivity contribution in [3.8, 4) is 0 Å². The van der Waals surface area contributed by atoms with Crippen LogP contribution < -0.4 is 0 Å². The molecular formula is C22H22N2O9. The zero-order valence-corrected chi connectivity index (χ0v) is 17.3. The van der Waals surface area contributed by atoms with Gasteiger partial charge in [-0.05, 0) is 29.3 Å². The molecule has 3 rings (SSSR count). The standard InChI is InChI=1S/C7H8O.2C6H7NO.3CO2/c8-6-7-4-2-1-3-5-7;8-5-6-2-1-3-7-4-6;8-5-6-3-1-2-4-7-6;3*2-1-3/h1-5,8H,6H2;2*1-4,8H,5H2;;;. The normalized spacial score (nSPS) is 7.36. The number of pyridine rings is 2. The first kappa shape index (κ1) is 33.2. The first-order valence-electron chi connectivity index (χ1n) is 8.68.